The highest BCUT2D eigenvalue weighted by molar-refractivity contribution is 7.98. The van der Waals surface area contributed by atoms with Crippen molar-refractivity contribution in [1.82, 2.24) is 9.97 Å². The Morgan fingerprint density at radius 1 is 1.37 bits per heavy atom. The van der Waals surface area contributed by atoms with Crippen molar-refractivity contribution < 1.29 is 9.13 Å². The Labute approximate surface area is 115 Å². The summed E-state index contributed by atoms with van der Waals surface area (Å²) in [5, 5.41) is 0.541. The van der Waals surface area contributed by atoms with E-state index in [0.29, 0.717) is 22.3 Å². The zero-order valence-corrected chi connectivity index (χ0v) is 11.5. The highest BCUT2D eigenvalue weighted by atomic mass is 32.2. The number of rotatable bonds is 4. The predicted molar refractivity (Wildman–Crippen MR) is 73.7 cm³/mol. The second-order valence-electron chi connectivity index (χ2n) is 3.94. The summed E-state index contributed by atoms with van der Waals surface area (Å²) >= 11 is 1.34. The maximum absolute atomic E-state index is 13.9. The third kappa shape index (κ3) is 3.35. The number of aryl methyl sites for hydroxylation is 1. The Morgan fingerprint density at radius 3 is 2.84 bits per heavy atom. The van der Waals surface area contributed by atoms with Crippen LogP contribution >= 0.6 is 11.8 Å². The summed E-state index contributed by atoms with van der Waals surface area (Å²) < 4.78 is 18.9. The van der Waals surface area contributed by atoms with Crippen molar-refractivity contribution in [2.45, 2.75) is 17.8 Å². The minimum absolute atomic E-state index is 0.239. The number of halogens is 1. The van der Waals surface area contributed by atoms with Crippen LogP contribution in [0.4, 0.5) is 10.2 Å². The second-order valence-corrected chi connectivity index (χ2v) is 4.88. The maximum atomic E-state index is 13.9. The summed E-state index contributed by atoms with van der Waals surface area (Å²) in [5.41, 5.74) is 6.99. The Kier molecular flexibility index (Phi) is 4.21. The van der Waals surface area contributed by atoms with Crippen LogP contribution in [0.25, 0.3) is 0 Å². The molecule has 2 rings (SSSR count). The normalized spacial score (nSPS) is 10.5. The lowest BCUT2D eigenvalue weighted by Gasteiger charge is -2.07. The van der Waals surface area contributed by atoms with Crippen molar-refractivity contribution in [3.05, 3.63) is 41.3 Å². The molecule has 0 radical (unpaired) electrons. The number of ether oxygens (including phenoxy) is 1. The summed E-state index contributed by atoms with van der Waals surface area (Å²) in [5.74, 6) is 0.730. The van der Waals surface area contributed by atoms with E-state index in [-0.39, 0.29) is 11.6 Å². The van der Waals surface area contributed by atoms with Gasteiger partial charge in [-0.15, -0.1) is 0 Å². The minimum Gasteiger partial charge on any atom is -0.494 e. The molecule has 0 fully saturated rings. The molecule has 0 atom stereocenters. The van der Waals surface area contributed by atoms with Crippen molar-refractivity contribution in [2.75, 3.05) is 12.8 Å². The average Bonchev–Trinajstić information content (AvgIpc) is 2.36. The molecular formula is C13H14FN3OS. The van der Waals surface area contributed by atoms with Gasteiger partial charge in [0.1, 0.15) is 5.82 Å². The molecule has 0 aliphatic rings. The molecular weight excluding hydrogens is 265 g/mol. The largest absolute Gasteiger partial charge is 0.494 e. The van der Waals surface area contributed by atoms with Gasteiger partial charge in [0, 0.05) is 23.1 Å². The van der Waals surface area contributed by atoms with Crippen molar-refractivity contribution in [2.24, 2.45) is 0 Å². The van der Waals surface area contributed by atoms with Crippen molar-refractivity contribution in [3.8, 4) is 5.75 Å². The molecule has 1 aromatic carbocycles. The van der Waals surface area contributed by atoms with Gasteiger partial charge in [-0.25, -0.2) is 14.4 Å². The molecule has 0 saturated carbocycles. The number of benzene rings is 1. The van der Waals surface area contributed by atoms with Gasteiger partial charge >= 0.3 is 0 Å². The number of nitrogens with zero attached hydrogens (tertiary/aromatic N) is 2. The second kappa shape index (κ2) is 5.88. The molecule has 0 amide bonds. The first-order chi connectivity index (χ1) is 9.10. The molecule has 6 heteroatoms. The summed E-state index contributed by atoms with van der Waals surface area (Å²) in [7, 11) is 1.44. The van der Waals surface area contributed by atoms with Crippen LogP contribution in [-0.4, -0.2) is 17.1 Å². The van der Waals surface area contributed by atoms with Gasteiger partial charge in [-0.2, -0.15) is 0 Å². The zero-order chi connectivity index (χ0) is 13.8. The smallest absolute Gasteiger partial charge is 0.190 e. The van der Waals surface area contributed by atoms with Crippen LogP contribution in [0.2, 0.25) is 0 Å². The minimum atomic E-state index is -0.349. The number of methoxy groups -OCH3 is 1. The Balaban J connectivity index is 2.14. The van der Waals surface area contributed by atoms with Gasteiger partial charge < -0.3 is 10.5 Å². The van der Waals surface area contributed by atoms with Gasteiger partial charge in [-0.1, -0.05) is 23.9 Å². The van der Waals surface area contributed by atoms with E-state index in [2.05, 4.69) is 9.97 Å². The Hall–Kier alpha value is -1.82. The van der Waals surface area contributed by atoms with Crippen LogP contribution in [0.1, 0.15) is 11.3 Å². The lowest BCUT2D eigenvalue weighted by molar-refractivity contribution is 0.385. The van der Waals surface area contributed by atoms with E-state index >= 15 is 0 Å². The van der Waals surface area contributed by atoms with Crippen LogP contribution in [-0.2, 0) is 5.75 Å². The first-order valence-electron chi connectivity index (χ1n) is 5.65. The number of aromatic nitrogens is 2. The summed E-state index contributed by atoms with van der Waals surface area (Å²) in [6.45, 7) is 1.84. The quantitative estimate of drug-likeness (QED) is 0.689. The molecule has 1 heterocycles. The van der Waals surface area contributed by atoms with Crippen LogP contribution < -0.4 is 10.5 Å². The molecule has 4 nitrogen and oxygen atoms in total. The molecule has 1 aromatic heterocycles. The van der Waals surface area contributed by atoms with E-state index in [9.17, 15) is 4.39 Å². The van der Waals surface area contributed by atoms with Gasteiger partial charge in [-0.3, -0.25) is 0 Å². The number of nitrogens with two attached hydrogens (primary N) is 1. The standard InChI is InChI=1S/C13H14FN3OS/c1-8-6-11(15)17-13(16-8)19-7-9-4-3-5-10(18-2)12(9)14/h3-6H,7H2,1-2H3,(H2,15,16,17). The van der Waals surface area contributed by atoms with E-state index in [1.165, 1.54) is 18.9 Å². The number of thioether (sulfide) groups is 1. The van der Waals surface area contributed by atoms with Gasteiger partial charge in [0.2, 0.25) is 0 Å². The molecule has 0 spiro atoms. The highest BCUT2D eigenvalue weighted by Crippen LogP contribution is 2.26. The molecule has 0 aliphatic carbocycles. The van der Waals surface area contributed by atoms with Crippen molar-refractivity contribution >= 4 is 17.6 Å². The zero-order valence-electron chi connectivity index (χ0n) is 10.7. The lowest BCUT2D eigenvalue weighted by Crippen LogP contribution is -1.98. The Bertz CT molecular complexity index is 572. The number of nitrogen functional groups attached to an aromatic ring is 1. The fraction of sp³-hybridized carbons (Fsp3) is 0.231. The van der Waals surface area contributed by atoms with Crippen molar-refractivity contribution in [3.63, 3.8) is 0 Å². The molecule has 0 saturated heterocycles. The fourth-order valence-electron chi connectivity index (χ4n) is 1.60. The van der Waals surface area contributed by atoms with E-state index in [0.717, 1.165) is 5.69 Å². The van der Waals surface area contributed by atoms with Gasteiger partial charge in [-0.05, 0) is 13.0 Å². The van der Waals surface area contributed by atoms with E-state index < -0.39 is 0 Å². The molecule has 2 N–H and O–H groups in total. The van der Waals surface area contributed by atoms with Gasteiger partial charge in [0.15, 0.2) is 16.7 Å². The third-order valence-electron chi connectivity index (χ3n) is 2.47. The Morgan fingerprint density at radius 2 is 2.16 bits per heavy atom. The average molecular weight is 279 g/mol. The van der Waals surface area contributed by atoms with Crippen LogP contribution in [0.3, 0.4) is 0 Å². The summed E-state index contributed by atoms with van der Waals surface area (Å²) in [4.78, 5) is 8.34. The van der Waals surface area contributed by atoms with Gasteiger partial charge in [0.25, 0.3) is 0 Å². The molecule has 100 valence electrons. The molecule has 0 aliphatic heterocycles. The summed E-state index contributed by atoms with van der Waals surface area (Å²) in [6.07, 6.45) is 0. The van der Waals surface area contributed by atoms with Crippen LogP contribution in [0.5, 0.6) is 5.75 Å². The maximum Gasteiger partial charge on any atom is 0.190 e. The first kappa shape index (κ1) is 13.6. The SMILES string of the molecule is COc1cccc(CSc2nc(C)cc(N)n2)c1F. The molecule has 2 aromatic rings. The fourth-order valence-corrected chi connectivity index (χ4v) is 2.48. The lowest BCUT2D eigenvalue weighted by atomic mass is 10.2. The summed E-state index contributed by atoms with van der Waals surface area (Å²) in [6, 6.07) is 6.74. The van der Waals surface area contributed by atoms with Crippen LogP contribution in [0.15, 0.2) is 29.4 Å². The highest BCUT2D eigenvalue weighted by Gasteiger charge is 2.09. The van der Waals surface area contributed by atoms with E-state index in [4.69, 9.17) is 10.5 Å². The monoisotopic (exact) mass is 279 g/mol. The molecule has 0 unspecified atom stereocenters. The number of hydrogen-bond donors (Lipinski definition) is 1. The van der Waals surface area contributed by atoms with Gasteiger partial charge in [0.05, 0.1) is 7.11 Å². The van der Waals surface area contributed by atoms with Crippen molar-refractivity contribution in [1.29, 1.82) is 0 Å². The number of anilines is 1. The topological polar surface area (TPSA) is 61.0 Å². The predicted octanol–water partition coefficient (Wildman–Crippen LogP) is 2.81. The first-order valence-corrected chi connectivity index (χ1v) is 6.64. The van der Waals surface area contributed by atoms with Crippen LogP contribution in [0, 0.1) is 12.7 Å². The molecule has 19 heavy (non-hydrogen) atoms. The third-order valence-corrected chi connectivity index (χ3v) is 3.37. The van der Waals surface area contributed by atoms with E-state index in [1.54, 1.807) is 24.3 Å². The molecule has 0 bridgehead atoms. The number of hydrogen-bond acceptors (Lipinski definition) is 5. The van der Waals surface area contributed by atoms with E-state index in [1.807, 2.05) is 6.92 Å².